The maximum Gasteiger partial charge on any atom is 0.407 e. The molecule has 0 aromatic heterocycles. The van der Waals surface area contributed by atoms with E-state index < -0.39 is 24.0 Å². The Hall–Kier alpha value is -3.35. The molecule has 2 aromatic carbocycles. The van der Waals surface area contributed by atoms with Gasteiger partial charge < -0.3 is 20.5 Å². The minimum absolute atomic E-state index is 0.0437. The Labute approximate surface area is 194 Å². The molecule has 176 valence electrons. The minimum Gasteiger partial charge on any atom is -0.481 e. The highest BCUT2D eigenvalue weighted by atomic mass is 16.5. The van der Waals surface area contributed by atoms with Crippen molar-refractivity contribution in [1.29, 1.82) is 0 Å². The lowest BCUT2D eigenvalue weighted by atomic mass is 9.98. The fourth-order valence-corrected chi connectivity index (χ4v) is 4.21. The summed E-state index contributed by atoms with van der Waals surface area (Å²) in [5, 5.41) is 14.4. The molecule has 0 spiro atoms. The van der Waals surface area contributed by atoms with Gasteiger partial charge in [0.2, 0.25) is 5.91 Å². The highest BCUT2D eigenvalue weighted by molar-refractivity contribution is 5.85. The van der Waals surface area contributed by atoms with Gasteiger partial charge in [-0.15, -0.1) is 0 Å². The number of hydrogen-bond acceptors (Lipinski definition) is 4. The number of alkyl carbamates (subject to hydrolysis) is 1. The lowest BCUT2D eigenvalue weighted by molar-refractivity contribution is -0.141. The first-order valence-electron chi connectivity index (χ1n) is 11.5. The van der Waals surface area contributed by atoms with Crippen LogP contribution in [0.5, 0.6) is 0 Å². The van der Waals surface area contributed by atoms with Gasteiger partial charge in [-0.1, -0.05) is 68.8 Å². The van der Waals surface area contributed by atoms with E-state index in [4.69, 9.17) is 9.84 Å². The summed E-state index contributed by atoms with van der Waals surface area (Å²) in [5.74, 6) is -1.62. The fraction of sp³-hybridized carbons (Fsp3) is 0.423. The van der Waals surface area contributed by atoms with Crippen molar-refractivity contribution in [3.63, 3.8) is 0 Å². The number of nitrogens with one attached hydrogen (secondary N) is 2. The highest BCUT2D eigenvalue weighted by Gasteiger charge is 2.29. The molecule has 2 amide bonds. The first kappa shape index (κ1) is 24.3. The van der Waals surface area contributed by atoms with Crippen LogP contribution in [0.3, 0.4) is 0 Å². The molecule has 0 saturated heterocycles. The Morgan fingerprint density at radius 1 is 1.00 bits per heavy atom. The van der Waals surface area contributed by atoms with Gasteiger partial charge in [-0.05, 0) is 41.5 Å². The highest BCUT2D eigenvalue weighted by Crippen LogP contribution is 2.44. The number of amides is 2. The van der Waals surface area contributed by atoms with Crippen LogP contribution < -0.4 is 10.6 Å². The monoisotopic (exact) mass is 452 g/mol. The first-order chi connectivity index (χ1) is 15.9. The summed E-state index contributed by atoms with van der Waals surface area (Å²) < 4.78 is 5.55. The van der Waals surface area contributed by atoms with Crippen LogP contribution in [0.1, 0.15) is 56.6 Å². The Bertz CT molecular complexity index is 945. The maximum absolute atomic E-state index is 12.5. The standard InChI is InChI=1S/C26H32N2O5/c1-3-9-23(24(29)27-15-8-10-17(2)25(30)31)28-26(32)33-16-22-20-13-6-4-11-18(20)19-12-5-7-14-21(19)22/h4-7,11-14,17,22-23H,3,8-10,15-16H2,1-2H3,(H,27,29)(H,28,32)(H,30,31)/t17?,23-/m0/s1. The second-order valence-corrected chi connectivity index (χ2v) is 8.48. The number of aliphatic carboxylic acids is 1. The molecule has 1 aliphatic carbocycles. The lowest BCUT2D eigenvalue weighted by Crippen LogP contribution is -2.47. The van der Waals surface area contributed by atoms with E-state index in [0.29, 0.717) is 25.8 Å². The van der Waals surface area contributed by atoms with Gasteiger partial charge in [-0.25, -0.2) is 4.79 Å². The smallest absolute Gasteiger partial charge is 0.407 e. The van der Waals surface area contributed by atoms with Gasteiger partial charge in [0, 0.05) is 12.5 Å². The van der Waals surface area contributed by atoms with Crippen molar-refractivity contribution in [1.82, 2.24) is 10.6 Å². The molecule has 1 aliphatic rings. The van der Waals surface area contributed by atoms with Crippen LogP contribution in [-0.4, -0.2) is 42.3 Å². The lowest BCUT2D eigenvalue weighted by Gasteiger charge is -2.19. The third kappa shape index (κ3) is 6.12. The summed E-state index contributed by atoms with van der Waals surface area (Å²) in [6.45, 7) is 4.13. The predicted molar refractivity (Wildman–Crippen MR) is 126 cm³/mol. The number of ether oxygens (including phenoxy) is 1. The molecular weight excluding hydrogens is 420 g/mol. The van der Waals surface area contributed by atoms with Crippen molar-refractivity contribution in [3.8, 4) is 11.1 Å². The largest absolute Gasteiger partial charge is 0.481 e. The molecule has 7 heteroatoms. The van der Waals surface area contributed by atoms with Crippen molar-refractivity contribution in [3.05, 3.63) is 59.7 Å². The van der Waals surface area contributed by atoms with Crippen molar-refractivity contribution < 1.29 is 24.2 Å². The summed E-state index contributed by atoms with van der Waals surface area (Å²) in [4.78, 5) is 36.0. The van der Waals surface area contributed by atoms with Crippen LogP contribution in [0.4, 0.5) is 4.79 Å². The Morgan fingerprint density at radius 3 is 2.18 bits per heavy atom. The molecule has 0 radical (unpaired) electrons. The second-order valence-electron chi connectivity index (χ2n) is 8.48. The van der Waals surface area contributed by atoms with E-state index in [1.807, 2.05) is 31.2 Å². The molecule has 0 fully saturated rings. The van der Waals surface area contributed by atoms with Crippen LogP contribution in [-0.2, 0) is 14.3 Å². The van der Waals surface area contributed by atoms with E-state index in [2.05, 4.69) is 34.9 Å². The average Bonchev–Trinajstić information content (AvgIpc) is 3.13. The molecule has 2 atom stereocenters. The molecule has 1 unspecified atom stereocenters. The fourth-order valence-electron chi connectivity index (χ4n) is 4.21. The number of carbonyl (C=O) groups is 3. The van der Waals surface area contributed by atoms with Gasteiger partial charge >= 0.3 is 12.1 Å². The van der Waals surface area contributed by atoms with Crippen molar-refractivity contribution in [2.45, 2.75) is 51.5 Å². The predicted octanol–water partition coefficient (Wildman–Crippen LogP) is 4.31. The second kappa shape index (κ2) is 11.5. The number of rotatable bonds is 11. The Balaban J connectivity index is 1.53. The third-order valence-corrected chi connectivity index (χ3v) is 6.06. The van der Waals surface area contributed by atoms with E-state index in [-0.39, 0.29) is 18.4 Å². The first-order valence-corrected chi connectivity index (χ1v) is 11.5. The van der Waals surface area contributed by atoms with E-state index >= 15 is 0 Å². The van der Waals surface area contributed by atoms with Gasteiger partial charge in [0.25, 0.3) is 0 Å². The quantitative estimate of drug-likeness (QED) is 0.441. The zero-order valence-electron chi connectivity index (χ0n) is 19.2. The summed E-state index contributed by atoms with van der Waals surface area (Å²) >= 11 is 0. The molecule has 33 heavy (non-hydrogen) atoms. The van der Waals surface area contributed by atoms with Crippen LogP contribution in [0.15, 0.2) is 48.5 Å². The van der Waals surface area contributed by atoms with E-state index in [0.717, 1.165) is 28.7 Å². The van der Waals surface area contributed by atoms with Crippen LogP contribution in [0.25, 0.3) is 11.1 Å². The Morgan fingerprint density at radius 2 is 1.61 bits per heavy atom. The number of carbonyl (C=O) groups excluding carboxylic acids is 2. The van der Waals surface area contributed by atoms with E-state index in [1.165, 1.54) is 0 Å². The zero-order chi connectivity index (χ0) is 23.8. The summed E-state index contributed by atoms with van der Waals surface area (Å²) in [7, 11) is 0. The summed E-state index contributed by atoms with van der Waals surface area (Å²) in [6, 6.07) is 15.5. The van der Waals surface area contributed by atoms with Crippen molar-refractivity contribution >= 4 is 18.0 Å². The minimum atomic E-state index is -0.845. The maximum atomic E-state index is 12.5. The average molecular weight is 453 g/mol. The molecule has 0 bridgehead atoms. The van der Waals surface area contributed by atoms with Gasteiger partial charge in [-0.2, -0.15) is 0 Å². The van der Waals surface area contributed by atoms with Gasteiger partial charge in [0.1, 0.15) is 12.6 Å². The zero-order valence-corrected chi connectivity index (χ0v) is 19.2. The molecule has 0 heterocycles. The number of benzene rings is 2. The number of carboxylic acids is 1. The van der Waals surface area contributed by atoms with Crippen LogP contribution in [0, 0.1) is 5.92 Å². The van der Waals surface area contributed by atoms with E-state index in [1.54, 1.807) is 6.92 Å². The SMILES string of the molecule is CCC[C@H](NC(=O)OCC1c2ccccc2-c2ccccc21)C(=O)NCCCC(C)C(=O)O. The van der Waals surface area contributed by atoms with Gasteiger partial charge in [0.05, 0.1) is 5.92 Å². The summed E-state index contributed by atoms with van der Waals surface area (Å²) in [5.41, 5.74) is 4.57. The molecule has 0 saturated carbocycles. The van der Waals surface area contributed by atoms with Crippen LogP contribution in [0.2, 0.25) is 0 Å². The Kier molecular flexibility index (Phi) is 8.46. The van der Waals surface area contributed by atoms with Gasteiger partial charge in [-0.3, -0.25) is 9.59 Å². The van der Waals surface area contributed by atoms with Crippen LogP contribution >= 0.6 is 0 Å². The number of fused-ring (bicyclic) bond motifs is 3. The molecule has 2 aromatic rings. The van der Waals surface area contributed by atoms with Crippen molar-refractivity contribution in [2.75, 3.05) is 13.2 Å². The van der Waals surface area contributed by atoms with Crippen molar-refractivity contribution in [2.24, 2.45) is 5.92 Å². The molecule has 7 nitrogen and oxygen atoms in total. The summed E-state index contributed by atoms with van der Waals surface area (Å²) in [6.07, 6.45) is 1.63. The topological polar surface area (TPSA) is 105 Å². The molecular formula is C26H32N2O5. The molecule has 3 N–H and O–H groups in total. The molecule has 0 aliphatic heterocycles. The van der Waals surface area contributed by atoms with E-state index in [9.17, 15) is 14.4 Å². The number of carboxylic acid groups (broad SMARTS) is 1. The number of hydrogen-bond donors (Lipinski definition) is 3. The molecule has 3 rings (SSSR count). The third-order valence-electron chi connectivity index (χ3n) is 6.06. The normalized spacial score (nSPS) is 14.0. The van der Waals surface area contributed by atoms with Gasteiger partial charge in [0.15, 0.2) is 0 Å².